The maximum atomic E-state index is 8.83. The summed E-state index contributed by atoms with van der Waals surface area (Å²) in [6, 6.07) is 10.3. The Labute approximate surface area is 114 Å². The van der Waals surface area contributed by atoms with E-state index in [9.17, 15) is 0 Å². The molecule has 0 spiro atoms. The van der Waals surface area contributed by atoms with Gasteiger partial charge in [0.15, 0.2) is 5.69 Å². The number of hydrogen-bond acceptors (Lipinski definition) is 4. The first-order chi connectivity index (χ1) is 8.60. The molecule has 0 radical (unpaired) electrons. The van der Waals surface area contributed by atoms with Crippen LogP contribution in [0.2, 0.25) is 10.0 Å². The minimum atomic E-state index is 0.181. The predicted octanol–water partition coefficient (Wildman–Crippen LogP) is 3.59. The Hall–Kier alpha value is -1.96. The Morgan fingerprint density at radius 2 is 1.94 bits per heavy atom. The third-order valence-corrected chi connectivity index (χ3v) is 2.96. The van der Waals surface area contributed by atoms with Gasteiger partial charge in [0.05, 0.1) is 15.7 Å². The first-order valence-electron chi connectivity index (χ1n) is 4.99. The predicted molar refractivity (Wildman–Crippen MR) is 73.1 cm³/mol. The van der Waals surface area contributed by atoms with Crippen LogP contribution in [-0.2, 0) is 0 Å². The molecule has 0 amide bonds. The minimum absolute atomic E-state index is 0.181. The lowest BCUT2D eigenvalue weighted by atomic mass is 10.3. The molecule has 90 valence electrons. The quantitative estimate of drug-likeness (QED) is 0.880. The average molecular weight is 279 g/mol. The van der Waals surface area contributed by atoms with Crippen LogP contribution in [0.4, 0.5) is 17.2 Å². The summed E-state index contributed by atoms with van der Waals surface area (Å²) in [5, 5.41) is 12.8. The highest BCUT2D eigenvalue weighted by Gasteiger charge is 2.04. The van der Waals surface area contributed by atoms with E-state index < -0.39 is 0 Å². The Morgan fingerprint density at radius 1 is 1.17 bits per heavy atom. The molecule has 0 fully saturated rings. The van der Waals surface area contributed by atoms with E-state index in [1.165, 1.54) is 0 Å². The number of benzene rings is 1. The third kappa shape index (κ3) is 2.65. The van der Waals surface area contributed by atoms with E-state index in [4.69, 9.17) is 34.2 Å². The van der Waals surface area contributed by atoms with Crippen LogP contribution in [0, 0.1) is 11.3 Å². The molecule has 2 aromatic rings. The molecule has 0 saturated carbocycles. The van der Waals surface area contributed by atoms with Crippen molar-refractivity contribution in [1.82, 2.24) is 4.98 Å². The molecule has 18 heavy (non-hydrogen) atoms. The van der Waals surface area contributed by atoms with Gasteiger partial charge in [-0.3, -0.25) is 0 Å². The van der Waals surface area contributed by atoms with Crippen LogP contribution in [0.5, 0.6) is 0 Å². The molecule has 0 aliphatic heterocycles. The highest BCUT2D eigenvalue weighted by molar-refractivity contribution is 6.42. The maximum absolute atomic E-state index is 8.83. The van der Waals surface area contributed by atoms with E-state index in [1.54, 1.807) is 30.3 Å². The van der Waals surface area contributed by atoms with Gasteiger partial charge < -0.3 is 11.1 Å². The van der Waals surface area contributed by atoms with Crippen LogP contribution in [-0.4, -0.2) is 4.98 Å². The number of rotatable bonds is 2. The number of anilines is 3. The molecule has 0 unspecified atom stereocenters. The van der Waals surface area contributed by atoms with Crippen molar-refractivity contribution < 1.29 is 0 Å². The Kier molecular flexibility index (Phi) is 3.56. The normalized spacial score (nSPS) is 9.83. The van der Waals surface area contributed by atoms with Crippen LogP contribution in [0.3, 0.4) is 0 Å². The van der Waals surface area contributed by atoms with Gasteiger partial charge in [0.25, 0.3) is 0 Å². The number of pyridine rings is 1. The smallest absolute Gasteiger partial charge is 0.165 e. The summed E-state index contributed by atoms with van der Waals surface area (Å²) < 4.78 is 0. The van der Waals surface area contributed by atoms with Crippen molar-refractivity contribution >= 4 is 40.4 Å². The largest absolute Gasteiger partial charge is 0.396 e. The van der Waals surface area contributed by atoms with Crippen LogP contribution in [0.1, 0.15) is 5.69 Å². The highest BCUT2D eigenvalue weighted by Crippen LogP contribution is 2.26. The van der Waals surface area contributed by atoms with Crippen molar-refractivity contribution in [3.63, 3.8) is 0 Å². The molecule has 0 aliphatic carbocycles. The van der Waals surface area contributed by atoms with Crippen LogP contribution < -0.4 is 11.1 Å². The fourth-order valence-electron chi connectivity index (χ4n) is 1.35. The van der Waals surface area contributed by atoms with Gasteiger partial charge in [-0.1, -0.05) is 23.2 Å². The summed E-state index contributed by atoms with van der Waals surface area (Å²) in [6.07, 6.45) is 0. The molecule has 0 atom stereocenters. The second-order valence-corrected chi connectivity index (χ2v) is 4.31. The topological polar surface area (TPSA) is 74.7 Å². The van der Waals surface area contributed by atoms with Gasteiger partial charge in [-0.25, -0.2) is 4.98 Å². The monoisotopic (exact) mass is 278 g/mol. The summed E-state index contributed by atoms with van der Waals surface area (Å²) in [6.45, 7) is 0. The number of nitriles is 1. The Bertz CT molecular complexity index is 634. The number of hydrogen-bond donors (Lipinski definition) is 2. The van der Waals surface area contributed by atoms with Gasteiger partial charge in [0, 0.05) is 5.69 Å². The lowest BCUT2D eigenvalue weighted by Gasteiger charge is -2.07. The van der Waals surface area contributed by atoms with E-state index in [2.05, 4.69) is 10.3 Å². The first kappa shape index (κ1) is 12.5. The summed E-state index contributed by atoms with van der Waals surface area (Å²) in [7, 11) is 0. The Morgan fingerprint density at radius 3 is 2.61 bits per heavy atom. The van der Waals surface area contributed by atoms with Gasteiger partial charge >= 0.3 is 0 Å². The fraction of sp³-hybridized carbons (Fsp3) is 0. The zero-order chi connectivity index (χ0) is 13.1. The summed E-state index contributed by atoms with van der Waals surface area (Å²) in [5.41, 5.74) is 6.84. The molecule has 4 nitrogen and oxygen atoms in total. The summed E-state index contributed by atoms with van der Waals surface area (Å²) >= 11 is 11.7. The molecule has 0 aliphatic rings. The van der Waals surface area contributed by atoms with Crippen molar-refractivity contribution in [2.45, 2.75) is 0 Å². The molecular weight excluding hydrogens is 271 g/mol. The third-order valence-electron chi connectivity index (χ3n) is 2.22. The maximum Gasteiger partial charge on any atom is 0.165 e. The highest BCUT2D eigenvalue weighted by atomic mass is 35.5. The minimum Gasteiger partial charge on any atom is -0.396 e. The lowest BCUT2D eigenvalue weighted by Crippen LogP contribution is -1.98. The van der Waals surface area contributed by atoms with Crippen molar-refractivity contribution in [2.75, 3.05) is 11.1 Å². The standard InChI is InChI=1S/C12H8Cl2N4/c13-8-2-1-7(5-9(8)14)17-12-4-3-10(16)11(6-15)18-12/h1-5H,16H2,(H,17,18). The number of nitrogens with one attached hydrogen (secondary N) is 1. The number of aromatic nitrogens is 1. The van der Waals surface area contributed by atoms with Crippen molar-refractivity contribution in [2.24, 2.45) is 0 Å². The zero-order valence-corrected chi connectivity index (χ0v) is 10.6. The molecule has 2 rings (SSSR count). The van der Waals surface area contributed by atoms with E-state index in [1.807, 2.05) is 6.07 Å². The number of halogens is 2. The Balaban J connectivity index is 2.29. The number of nitrogen functional groups attached to an aromatic ring is 1. The molecule has 0 saturated heterocycles. The van der Waals surface area contributed by atoms with E-state index in [0.29, 0.717) is 21.6 Å². The van der Waals surface area contributed by atoms with Crippen molar-refractivity contribution in [3.8, 4) is 6.07 Å². The number of nitrogens with two attached hydrogens (primary N) is 1. The molecule has 1 aromatic carbocycles. The first-order valence-corrected chi connectivity index (χ1v) is 5.74. The molecule has 6 heteroatoms. The zero-order valence-electron chi connectivity index (χ0n) is 9.11. The van der Waals surface area contributed by atoms with E-state index >= 15 is 0 Å². The average Bonchev–Trinajstić information content (AvgIpc) is 2.36. The molecule has 3 N–H and O–H groups in total. The SMILES string of the molecule is N#Cc1nc(Nc2ccc(Cl)c(Cl)c2)ccc1N. The van der Waals surface area contributed by atoms with Gasteiger partial charge in [-0.05, 0) is 30.3 Å². The second kappa shape index (κ2) is 5.13. The molecule has 0 bridgehead atoms. The van der Waals surface area contributed by atoms with E-state index in [0.717, 1.165) is 5.69 Å². The van der Waals surface area contributed by atoms with Crippen LogP contribution in [0.25, 0.3) is 0 Å². The van der Waals surface area contributed by atoms with Gasteiger partial charge in [0.2, 0.25) is 0 Å². The van der Waals surface area contributed by atoms with Crippen LogP contribution in [0.15, 0.2) is 30.3 Å². The van der Waals surface area contributed by atoms with Crippen molar-refractivity contribution in [3.05, 3.63) is 46.1 Å². The van der Waals surface area contributed by atoms with Crippen LogP contribution >= 0.6 is 23.2 Å². The van der Waals surface area contributed by atoms with Gasteiger partial charge in [0.1, 0.15) is 11.9 Å². The lowest BCUT2D eigenvalue weighted by molar-refractivity contribution is 1.26. The van der Waals surface area contributed by atoms with E-state index in [-0.39, 0.29) is 5.69 Å². The summed E-state index contributed by atoms with van der Waals surface area (Å²) in [5.74, 6) is 0.513. The molecule has 1 heterocycles. The molecular formula is C12H8Cl2N4. The van der Waals surface area contributed by atoms with Crippen molar-refractivity contribution in [1.29, 1.82) is 5.26 Å². The molecule has 1 aromatic heterocycles. The second-order valence-electron chi connectivity index (χ2n) is 3.50. The number of nitrogens with zero attached hydrogens (tertiary/aromatic N) is 2. The summed E-state index contributed by atoms with van der Waals surface area (Å²) in [4.78, 5) is 4.06. The van der Waals surface area contributed by atoms with Gasteiger partial charge in [-0.15, -0.1) is 0 Å². The van der Waals surface area contributed by atoms with Gasteiger partial charge in [-0.2, -0.15) is 5.26 Å². The fourth-order valence-corrected chi connectivity index (χ4v) is 1.65.